The van der Waals surface area contributed by atoms with Crippen LogP contribution in [0.25, 0.3) is 0 Å². The Morgan fingerprint density at radius 3 is 1.93 bits per heavy atom. The third-order valence-corrected chi connectivity index (χ3v) is 4.11. The SMILES string of the molecule is CC(C)(C)NC(=O)CNC(=O)c1ccc(N2C(=O)c3ccccc3C2=O)cc1. The first kappa shape index (κ1) is 19.3. The molecule has 3 rings (SSSR count). The first-order valence-corrected chi connectivity index (χ1v) is 8.84. The van der Waals surface area contributed by atoms with E-state index < -0.39 is 17.7 Å². The Morgan fingerprint density at radius 1 is 0.893 bits per heavy atom. The van der Waals surface area contributed by atoms with Gasteiger partial charge >= 0.3 is 0 Å². The van der Waals surface area contributed by atoms with Crippen LogP contribution in [0.3, 0.4) is 0 Å². The molecule has 7 nitrogen and oxygen atoms in total. The van der Waals surface area contributed by atoms with Crippen molar-refractivity contribution in [2.75, 3.05) is 11.4 Å². The summed E-state index contributed by atoms with van der Waals surface area (Å²) in [4.78, 5) is 50.1. The maximum Gasteiger partial charge on any atom is 0.266 e. The van der Waals surface area contributed by atoms with Crippen LogP contribution in [0, 0.1) is 0 Å². The minimum absolute atomic E-state index is 0.143. The van der Waals surface area contributed by atoms with Gasteiger partial charge in [-0.05, 0) is 57.2 Å². The highest BCUT2D eigenvalue weighted by Gasteiger charge is 2.36. The summed E-state index contributed by atoms with van der Waals surface area (Å²) in [7, 11) is 0. The number of rotatable bonds is 4. The van der Waals surface area contributed by atoms with Crippen LogP contribution in [0.1, 0.15) is 51.8 Å². The third kappa shape index (κ3) is 3.93. The lowest BCUT2D eigenvalue weighted by Gasteiger charge is -2.20. The lowest BCUT2D eigenvalue weighted by molar-refractivity contribution is -0.121. The number of nitrogens with zero attached hydrogens (tertiary/aromatic N) is 1. The lowest BCUT2D eigenvalue weighted by Crippen LogP contribution is -2.45. The Hall–Kier alpha value is -3.48. The van der Waals surface area contributed by atoms with Gasteiger partial charge in [0.1, 0.15) is 0 Å². The summed E-state index contributed by atoms with van der Waals surface area (Å²) < 4.78 is 0. The zero-order valence-corrected chi connectivity index (χ0v) is 15.9. The van der Waals surface area contributed by atoms with Crippen molar-refractivity contribution in [2.24, 2.45) is 0 Å². The molecule has 2 aromatic rings. The molecule has 1 heterocycles. The van der Waals surface area contributed by atoms with Crippen LogP contribution in [-0.4, -0.2) is 35.7 Å². The van der Waals surface area contributed by atoms with Crippen molar-refractivity contribution < 1.29 is 19.2 Å². The van der Waals surface area contributed by atoms with E-state index in [1.807, 2.05) is 20.8 Å². The van der Waals surface area contributed by atoms with Crippen molar-refractivity contribution in [1.29, 1.82) is 0 Å². The van der Waals surface area contributed by atoms with Crippen molar-refractivity contribution in [1.82, 2.24) is 10.6 Å². The minimum atomic E-state index is -0.419. The van der Waals surface area contributed by atoms with E-state index in [4.69, 9.17) is 0 Å². The summed E-state index contributed by atoms with van der Waals surface area (Å²) >= 11 is 0. The number of hydrogen-bond acceptors (Lipinski definition) is 4. The maximum atomic E-state index is 12.5. The number of amides is 4. The van der Waals surface area contributed by atoms with Gasteiger partial charge in [-0.25, -0.2) is 4.90 Å². The monoisotopic (exact) mass is 379 g/mol. The van der Waals surface area contributed by atoms with E-state index in [1.165, 1.54) is 24.3 Å². The minimum Gasteiger partial charge on any atom is -0.350 e. The standard InChI is InChI=1S/C21H21N3O4/c1-21(2,3)23-17(25)12-22-18(26)13-8-10-14(11-9-13)24-19(27)15-6-4-5-7-16(15)20(24)28/h4-11H,12H2,1-3H3,(H,22,26)(H,23,25). The number of fused-ring (bicyclic) bond motifs is 1. The third-order valence-electron chi connectivity index (χ3n) is 4.11. The van der Waals surface area contributed by atoms with Crippen LogP contribution in [0.4, 0.5) is 5.69 Å². The molecular weight excluding hydrogens is 358 g/mol. The number of anilines is 1. The van der Waals surface area contributed by atoms with Crippen molar-refractivity contribution in [3.8, 4) is 0 Å². The molecule has 144 valence electrons. The molecule has 0 unspecified atom stereocenters. The Labute approximate surface area is 162 Å². The summed E-state index contributed by atoms with van der Waals surface area (Å²) in [5.74, 6) is -1.49. The number of imide groups is 1. The highest BCUT2D eigenvalue weighted by atomic mass is 16.2. The number of nitrogens with one attached hydrogen (secondary N) is 2. The first-order valence-electron chi connectivity index (χ1n) is 8.84. The second kappa shape index (κ2) is 7.26. The van der Waals surface area contributed by atoms with Gasteiger partial charge < -0.3 is 10.6 Å². The van der Waals surface area contributed by atoms with Gasteiger partial charge in [0, 0.05) is 11.1 Å². The molecule has 1 aliphatic heterocycles. The molecule has 28 heavy (non-hydrogen) atoms. The van der Waals surface area contributed by atoms with E-state index in [1.54, 1.807) is 24.3 Å². The molecule has 0 bridgehead atoms. The molecule has 0 radical (unpaired) electrons. The first-order chi connectivity index (χ1) is 13.2. The molecule has 0 aliphatic carbocycles. The topological polar surface area (TPSA) is 95.6 Å². The van der Waals surface area contributed by atoms with Crippen LogP contribution < -0.4 is 15.5 Å². The zero-order valence-electron chi connectivity index (χ0n) is 15.9. The average molecular weight is 379 g/mol. The van der Waals surface area contributed by atoms with E-state index >= 15 is 0 Å². The fourth-order valence-electron chi connectivity index (χ4n) is 2.91. The van der Waals surface area contributed by atoms with Gasteiger partial charge in [0.15, 0.2) is 0 Å². The van der Waals surface area contributed by atoms with Crippen molar-refractivity contribution in [3.05, 3.63) is 65.2 Å². The highest BCUT2D eigenvalue weighted by molar-refractivity contribution is 6.34. The van der Waals surface area contributed by atoms with E-state index in [0.717, 1.165) is 4.90 Å². The largest absolute Gasteiger partial charge is 0.350 e. The Balaban J connectivity index is 1.67. The average Bonchev–Trinajstić information content (AvgIpc) is 2.90. The molecule has 0 fully saturated rings. The van der Waals surface area contributed by atoms with Gasteiger partial charge in [0.25, 0.3) is 17.7 Å². The van der Waals surface area contributed by atoms with Crippen molar-refractivity contribution in [3.63, 3.8) is 0 Å². The summed E-state index contributed by atoms with van der Waals surface area (Å²) in [6.07, 6.45) is 0. The van der Waals surface area contributed by atoms with Crippen molar-refractivity contribution in [2.45, 2.75) is 26.3 Å². The molecule has 4 amide bonds. The highest BCUT2D eigenvalue weighted by Crippen LogP contribution is 2.28. The van der Waals surface area contributed by atoms with Gasteiger partial charge in [-0.3, -0.25) is 19.2 Å². The Morgan fingerprint density at radius 2 is 1.43 bits per heavy atom. The van der Waals surface area contributed by atoms with Crippen LogP contribution >= 0.6 is 0 Å². The van der Waals surface area contributed by atoms with Crippen LogP contribution in [-0.2, 0) is 4.79 Å². The maximum absolute atomic E-state index is 12.5. The van der Waals surface area contributed by atoms with Crippen LogP contribution in [0.5, 0.6) is 0 Å². The second-order valence-corrected chi connectivity index (χ2v) is 7.52. The van der Waals surface area contributed by atoms with Gasteiger partial charge in [0.2, 0.25) is 5.91 Å². The molecule has 2 aromatic carbocycles. The fraction of sp³-hybridized carbons (Fsp3) is 0.238. The molecule has 7 heteroatoms. The van der Waals surface area contributed by atoms with Crippen LogP contribution in [0.15, 0.2) is 48.5 Å². The number of carbonyl (C=O) groups excluding carboxylic acids is 4. The van der Waals surface area contributed by atoms with E-state index in [9.17, 15) is 19.2 Å². The number of hydrogen-bond donors (Lipinski definition) is 2. The molecule has 0 spiro atoms. The summed E-state index contributed by atoms with van der Waals surface area (Å²) in [5.41, 5.74) is 1.05. The Bertz CT molecular complexity index is 923. The van der Waals surface area contributed by atoms with E-state index in [2.05, 4.69) is 10.6 Å². The quantitative estimate of drug-likeness (QED) is 0.796. The van der Waals surface area contributed by atoms with Crippen LogP contribution in [0.2, 0.25) is 0 Å². The van der Waals surface area contributed by atoms with Crippen molar-refractivity contribution >= 4 is 29.3 Å². The number of benzene rings is 2. The van der Waals surface area contributed by atoms with Gasteiger partial charge in [-0.1, -0.05) is 12.1 Å². The molecule has 0 aromatic heterocycles. The molecule has 0 atom stereocenters. The van der Waals surface area contributed by atoms with Gasteiger partial charge in [0.05, 0.1) is 23.4 Å². The normalized spacial score (nSPS) is 13.3. The lowest BCUT2D eigenvalue weighted by atomic mass is 10.1. The molecule has 1 aliphatic rings. The zero-order chi connectivity index (χ0) is 20.5. The second-order valence-electron chi connectivity index (χ2n) is 7.52. The van der Waals surface area contributed by atoms with E-state index in [-0.39, 0.29) is 18.0 Å². The van der Waals surface area contributed by atoms with Gasteiger partial charge in [-0.2, -0.15) is 0 Å². The molecular formula is C21H21N3O4. The fourth-order valence-corrected chi connectivity index (χ4v) is 2.91. The molecule has 2 N–H and O–H groups in total. The van der Waals surface area contributed by atoms with E-state index in [0.29, 0.717) is 22.4 Å². The predicted octanol–water partition coefficient (Wildman–Crippen LogP) is 2.13. The molecule has 0 saturated heterocycles. The number of carbonyl (C=O) groups is 4. The summed E-state index contributed by atoms with van der Waals surface area (Å²) in [6.45, 7) is 5.41. The summed E-state index contributed by atoms with van der Waals surface area (Å²) in [6, 6.07) is 12.7. The summed E-state index contributed by atoms with van der Waals surface area (Å²) in [5, 5.41) is 5.30. The predicted molar refractivity (Wildman–Crippen MR) is 104 cm³/mol. The van der Waals surface area contributed by atoms with Gasteiger partial charge in [-0.15, -0.1) is 0 Å². The molecule has 0 saturated carbocycles. The Kier molecular flexibility index (Phi) is 5.00. The smallest absolute Gasteiger partial charge is 0.266 e.